The van der Waals surface area contributed by atoms with E-state index in [2.05, 4.69) is 18.9 Å². The van der Waals surface area contributed by atoms with Crippen molar-refractivity contribution < 1.29 is 9.53 Å². The van der Waals surface area contributed by atoms with Crippen LogP contribution in [0.15, 0.2) is 24.3 Å². The Morgan fingerprint density at radius 3 is 2.71 bits per heavy atom. The monoisotopic (exact) mass is 287 g/mol. The van der Waals surface area contributed by atoms with Crippen LogP contribution in [0.25, 0.3) is 11.3 Å². The molecule has 2 rings (SSSR count). The third-order valence-corrected chi connectivity index (χ3v) is 3.43. The Bertz CT molecular complexity index is 632. The number of benzene rings is 1. The minimum atomic E-state index is 0.409. The van der Waals surface area contributed by atoms with Gasteiger partial charge in [-0.25, -0.2) is 4.68 Å². The molecule has 0 bridgehead atoms. The summed E-state index contributed by atoms with van der Waals surface area (Å²) in [5, 5.41) is 4.51. The van der Waals surface area contributed by atoms with Gasteiger partial charge in [0, 0.05) is 12.1 Å². The van der Waals surface area contributed by atoms with Gasteiger partial charge in [-0.05, 0) is 24.5 Å². The lowest BCUT2D eigenvalue weighted by molar-refractivity contribution is 0.112. The van der Waals surface area contributed by atoms with Crippen molar-refractivity contribution in [2.75, 3.05) is 12.8 Å². The maximum atomic E-state index is 11.4. The number of nitrogens with zero attached hydrogens (tertiary/aromatic N) is 2. The summed E-state index contributed by atoms with van der Waals surface area (Å²) in [4.78, 5) is 11.4. The van der Waals surface area contributed by atoms with Gasteiger partial charge in [0.25, 0.3) is 0 Å². The van der Waals surface area contributed by atoms with Crippen LogP contribution in [0.4, 0.5) is 5.82 Å². The minimum Gasteiger partial charge on any atom is -0.496 e. The zero-order chi connectivity index (χ0) is 15.4. The number of anilines is 1. The van der Waals surface area contributed by atoms with E-state index in [1.54, 1.807) is 11.8 Å². The van der Waals surface area contributed by atoms with Crippen LogP contribution in [-0.4, -0.2) is 23.2 Å². The average Bonchev–Trinajstić information content (AvgIpc) is 2.81. The second-order valence-electron chi connectivity index (χ2n) is 5.37. The smallest absolute Gasteiger partial charge is 0.156 e. The SMILES string of the molecule is COc1ccccc1-c1nn(CCC(C)C)c(N)c1C=O. The molecule has 0 spiro atoms. The maximum Gasteiger partial charge on any atom is 0.156 e. The predicted octanol–water partition coefficient (Wildman–Crippen LogP) is 3.00. The number of aryl methyl sites for hydroxylation is 1. The number of nitrogen functional groups attached to an aromatic ring is 1. The molecule has 1 aromatic carbocycles. The first-order chi connectivity index (χ1) is 10.1. The van der Waals surface area contributed by atoms with Crippen LogP contribution in [-0.2, 0) is 6.54 Å². The van der Waals surface area contributed by atoms with Gasteiger partial charge in [-0.1, -0.05) is 26.0 Å². The van der Waals surface area contributed by atoms with Gasteiger partial charge in [0.2, 0.25) is 0 Å². The molecule has 0 saturated carbocycles. The highest BCUT2D eigenvalue weighted by molar-refractivity contribution is 5.92. The highest BCUT2D eigenvalue weighted by Gasteiger charge is 2.19. The summed E-state index contributed by atoms with van der Waals surface area (Å²) in [5.41, 5.74) is 7.83. The molecule has 0 amide bonds. The van der Waals surface area contributed by atoms with E-state index in [9.17, 15) is 4.79 Å². The van der Waals surface area contributed by atoms with Crippen molar-refractivity contribution in [2.24, 2.45) is 5.92 Å². The van der Waals surface area contributed by atoms with Gasteiger partial charge in [-0.15, -0.1) is 0 Å². The predicted molar refractivity (Wildman–Crippen MR) is 83.5 cm³/mol. The molecule has 0 atom stereocenters. The number of carbonyl (C=O) groups excluding carboxylic acids is 1. The molecule has 0 unspecified atom stereocenters. The molecule has 0 aliphatic carbocycles. The Balaban J connectivity index is 2.48. The van der Waals surface area contributed by atoms with Crippen molar-refractivity contribution in [1.29, 1.82) is 0 Å². The van der Waals surface area contributed by atoms with E-state index in [-0.39, 0.29) is 0 Å². The molecule has 112 valence electrons. The van der Waals surface area contributed by atoms with Crippen molar-refractivity contribution in [2.45, 2.75) is 26.8 Å². The van der Waals surface area contributed by atoms with Gasteiger partial charge in [0.05, 0.1) is 12.7 Å². The third kappa shape index (κ3) is 3.07. The van der Waals surface area contributed by atoms with Gasteiger partial charge in [0.1, 0.15) is 17.3 Å². The topological polar surface area (TPSA) is 70.1 Å². The summed E-state index contributed by atoms with van der Waals surface area (Å²) >= 11 is 0. The van der Waals surface area contributed by atoms with Crippen LogP contribution >= 0.6 is 0 Å². The molecule has 2 aromatic rings. The number of hydrogen-bond acceptors (Lipinski definition) is 4. The Morgan fingerprint density at radius 2 is 2.10 bits per heavy atom. The summed E-state index contributed by atoms with van der Waals surface area (Å²) in [6.07, 6.45) is 1.71. The van der Waals surface area contributed by atoms with Gasteiger partial charge >= 0.3 is 0 Å². The van der Waals surface area contributed by atoms with Crippen LogP contribution in [0.5, 0.6) is 5.75 Å². The zero-order valence-electron chi connectivity index (χ0n) is 12.7. The molecule has 21 heavy (non-hydrogen) atoms. The van der Waals surface area contributed by atoms with Crippen molar-refractivity contribution in [3.8, 4) is 17.0 Å². The van der Waals surface area contributed by atoms with Gasteiger partial charge < -0.3 is 10.5 Å². The molecule has 1 aromatic heterocycles. The van der Waals surface area contributed by atoms with E-state index >= 15 is 0 Å². The molecule has 0 aliphatic heterocycles. The van der Waals surface area contributed by atoms with E-state index in [0.717, 1.165) is 18.3 Å². The zero-order valence-corrected chi connectivity index (χ0v) is 12.7. The molecule has 5 heteroatoms. The minimum absolute atomic E-state index is 0.409. The highest BCUT2D eigenvalue weighted by Crippen LogP contribution is 2.33. The van der Waals surface area contributed by atoms with Crippen molar-refractivity contribution in [1.82, 2.24) is 9.78 Å². The Morgan fingerprint density at radius 1 is 1.38 bits per heavy atom. The molecule has 0 saturated heterocycles. The Labute approximate surface area is 124 Å². The lowest BCUT2D eigenvalue weighted by Gasteiger charge is -2.06. The van der Waals surface area contributed by atoms with Gasteiger partial charge in [-0.3, -0.25) is 4.79 Å². The number of carbonyl (C=O) groups is 1. The van der Waals surface area contributed by atoms with Crippen molar-refractivity contribution in [3.05, 3.63) is 29.8 Å². The first-order valence-corrected chi connectivity index (χ1v) is 7.03. The summed E-state index contributed by atoms with van der Waals surface area (Å²) in [6, 6.07) is 7.48. The average molecular weight is 287 g/mol. The molecule has 2 N–H and O–H groups in total. The fourth-order valence-electron chi connectivity index (χ4n) is 2.20. The van der Waals surface area contributed by atoms with Gasteiger partial charge in [0.15, 0.2) is 6.29 Å². The van der Waals surface area contributed by atoms with Gasteiger partial charge in [-0.2, -0.15) is 5.10 Å². The van der Waals surface area contributed by atoms with E-state index in [1.807, 2.05) is 24.3 Å². The first kappa shape index (κ1) is 15.1. The number of hydrogen-bond donors (Lipinski definition) is 1. The molecule has 0 radical (unpaired) electrons. The molecule has 5 nitrogen and oxygen atoms in total. The van der Waals surface area contributed by atoms with E-state index in [1.165, 1.54) is 0 Å². The standard InChI is InChI=1S/C16H21N3O2/c1-11(2)8-9-19-16(17)13(10-20)15(18-19)12-6-4-5-7-14(12)21-3/h4-7,10-11H,8-9,17H2,1-3H3. The molecule has 1 heterocycles. The van der Waals surface area contributed by atoms with E-state index < -0.39 is 0 Å². The Hall–Kier alpha value is -2.30. The van der Waals surface area contributed by atoms with Crippen LogP contribution in [0.1, 0.15) is 30.6 Å². The number of methoxy groups -OCH3 is 1. The van der Waals surface area contributed by atoms with Crippen LogP contribution < -0.4 is 10.5 Å². The van der Waals surface area contributed by atoms with Crippen LogP contribution in [0, 0.1) is 5.92 Å². The van der Waals surface area contributed by atoms with E-state index in [4.69, 9.17) is 10.5 Å². The summed E-state index contributed by atoms with van der Waals surface area (Å²) in [5.74, 6) is 1.63. The largest absolute Gasteiger partial charge is 0.496 e. The molecular weight excluding hydrogens is 266 g/mol. The number of ether oxygens (including phenoxy) is 1. The number of para-hydroxylation sites is 1. The summed E-state index contributed by atoms with van der Waals surface area (Å²) in [7, 11) is 1.60. The normalized spacial score (nSPS) is 10.9. The fraction of sp³-hybridized carbons (Fsp3) is 0.375. The number of aromatic nitrogens is 2. The van der Waals surface area contributed by atoms with E-state index in [0.29, 0.717) is 35.3 Å². The number of rotatable bonds is 6. The highest BCUT2D eigenvalue weighted by atomic mass is 16.5. The molecule has 0 fully saturated rings. The lowest BCUT2D eigenvalue weighted by atomic mass is 10.1. The summed E-state index contributed by atoms with van der Waals surface area (Å²) < 4.78 is 7.04. The quantitative estimate of drug-likeness (QED) is 0.829. The van der Waals surface area contributed by atoms with Crippen LogP contribution in [0.2, 0.25) is 0 Å². The lowest BCUT2D eigenvalue weighted by Crippen LogP contribution is -2.07. The number of nitrogens with two attached hydrogens (primary N) is 1. The maximum absolute atomic E-state index is 11.4. The number of aldehydes is 1. The van der Waals surface area contributed by atoms with Crippen molar-refractivity contribution >= 4 is 12.1 Å². The fourth-order valence-corrected chi connectivity index (χ4v) is 2.20. The first-order valence-electron chi connectivity index (χ1n) is 7.03. The Kier molecular flexibility index (Phi) is 4.62. The second kappa shape index (κ2) is 6.43. The third-order valence-electron chi connectivity index (χ3n) is 3.43. The summed E-state index contributed by atoms with van der Waals surface area (Å²) in [6.45, 7) is 4.97. The van der Waals surface area contributed by atoms with Crippen LogP contribution in [0.3, 0.4) is 0 Å². The molecular formula is C16H21N3O2. The molecule has 0 aliphatic rings. The second-order valence-corrected chi connectivity index (χ2v) is 5.37. The van der Waals surface area contributed by atoms with Crippen molar-refractivity contribution in [3.63, 3.8) is 0 Å².